The molecule has 0 atom stereocenters. The summed E-state index contributed by atoms with van der Waals surface area (Å²) in [6.45, 7) is 0.716. The van der Waals surface area contributed by atoms with Gasteiger partial charge in [0.05, 0.1) is 16.8 Å². The van der Waals surface area contributed by atoms with Crippen molar-refractivity contribution in [3.05, 3.63) is 78.0 Å². The number of carboxylic acid groups (broad SMARTS) is 1. The molecule has 9 heteroatoms. The summed E-state index contributed by atoms with van der Waals surface area (Å²) < 4.78 is 33.9. The van der Waals surface area contributed by atoms with Crippen LogP contribution >= 0.6 is 0 Å². The molecule has 1 aliphatic heterocycles. The van der Waals surface area contributed by atoms with E-state index in [1.807, 2.05) is 18.2 Å². The van der Waals surface area contributed by atoms with Gasteiger partial charge < -0.3 is 20.5 Å². The summed E-state index contributed by atoms with van der Waals surface area (Å²) >= 11 is 0. The fraction of sp³-hybridized carbons (Fsp3) is 0.207. The SMILES string of the molecule is N#Cc1cccc(-c2ccc3ncc(-c4cc(F)cc(F)c4)c(N4CCC(N)CC4)c3c2)c1OCC(=O)O. The van der Waals surface area contributed by atoms with Crippen molar-refractivity contribution in [3.8, 4) is 34.1 Å². The maximum atomic E-state index is 14.2. The summed E-state index contributed by atoms with van der Waals surface area (Å²) in [7, 11) is 0. The smallest absolute Gasteiger partial charge is 0.341 e. The monoisotopic (exact) mass is 514 g/mol. The zero-order valence-corrected chi connectivity index (χ0v) is 20.3. The molecule has 5 rings (SSSR count). The van der Waals surface area contributed by atoms with Crippen LogP contribution in [-0.2, 0) is 4.79 Å². The van der Waals surface area contributed by atoms with Gasteiger partial charge in [-0.3, -0.25) is 4.98 Å². The van der Waals surface area contributed by atoms with E-state index in [4.69, 9.17) is 15.6 Å². The molecule has 7 nitrogen and oxygen atoms in total. The molecule has 1 saturated heterocycles. The van der Waals surface area contributed by atoms with Gasteiger partial charge in [-0.15, -0.1) is 0 Å². The molecule has 0 aliphatic carbocycles. The zero-order valence-electron chi connectivity index (χ0n) is 20.3. The Morgan fingerprint density at radius 1 is 1.08 bits per heavy atom. The van der Waals surface area contributed by atoms with Crippen molar-refractivity contribution in [2.45, 2.75) is 18.9 Å². The van der Waals surface area contributed by atoms with E-state index in [-0.39, 0.29) is 17.4 Å². The Hall–Kier alpha value is -4.55. The molecule has 0 unspecified atom stereocenters. The maximum absolute atomic E-state index is 14.2. The molecule has 0 amide bonds. The minimum absolute atomic E-state index is 0.0765. The summed E-state index contributed by atoms with van der Waals surface area (Å²) in [5.41, 5.74) is 9.96. The molecular formula is C29H24F2N4O3. The summed E-state index contributed by atoms with van der Waals surface area (Å²) in [5.74, 6) is -2.37. The lowest BCUT2D eigenvalue weighted by Crippen LogP contribution is -2.40. The van der Waals surface area contributed by atoms with Crippen molar-refractivity contribution in [1.29, 1.82) is 5.26 Å². The average molecular weight is 515 g/mol. The first-order valence-corrected chi connectivity index (χ1v) is 12.1. The third-order valence-corrected chi connectivity index (χ3v) is 6.66. The standard InChI is InChI=1S/C29H24F2N4O3/c30-20-10-19(11-21(31)13-20)25-15-34-26-5-4-17(12-24(26)28(25)35-8-6-22(33)7-9-35)23-3-1-2-18(14-32)29(23)38-16-27(36)37/h1-5,10-13,15,22H,6-9,16,33H2,(H,36,37). The fourth-order valence-corrected chi connectivity index (χ4v) is 4.87. The van der Waals surface area contributed by atoms with E-state index in [1.165, 1.54) is 12.1 Å². The summed E-state index contributed by atoms with van der Waals surface area (Å²) in [5, 5.41) is 19.5. The molecule has 38 heavy (non-hydrogen) atoms. The number of hydrogen-bond acceptors (Lipinski definition) is 6. The average Bonchev–Trinajstić information content (AvgIpc) is 2.90. The number of piperidine rings is 1. The van der Waals surface area contributed by atoms with Crippen LogP contribution in [0.25, 0.3) is 33.2 Å². The van der Waals surface area contributed by atoms with E-state index >= 15 is 0 Å². The van der Waals surface area contributed by atoms with Crippen LogP contribution in [0.2, 0.25) is 0 Å². The van der Waals surface area contributed by atoms with Crippen molar-refractivity contribution in [2.24, 2.45) is 5.73 Å². The van der Waals surface area contributed by atoms with Gasteiger partial charge in [-0.1, -0.05) is 18.2 Å². The number of ether oxygens (including phenoxy) is 1. The fourth-order valence-electron chi connectivity index (χ4n) is 4.87. The third-order valence-electron chi connectivity index (χ3n) is 6.66. The van der Waals surface area contributed by atoms with Gasteiger partial charge in [0.25, 0.3) is 0 Å². The lowest BCUT2D eigenvalue weighted by Gasteiger charge is -2.34. The summed E-state index contributed by atoms with van der Waals surface area (Å²) in [4.78, 5) is 17.9. The van der Waals surface area contributed by atoms with Crippen molar-refractivity contribution >= 4 is 22.6 Å². The highest BCUT2D eigenvalue weighted by Gasteiger charge is 2.23. The number of carboxylic acids is 1. The Balaban J connectivity index is 1.73. The van der Waals surface area contributed by atoms with Crippen LogP contribution in [0, 0.1) is 23.0 Å². The predicted molar refractivity (Wildman–Crippen MR) is 140 cm³/mol. The third kappa shape index (κ3) is 4.99. The summed E-state index contributed by atoms with van der Waals surface area (Å²) in [6.07, 6.45) is 3.15. The Bertz CT molecular complexity index is 1560. The Morgan fingerprint density at radius 2 is 1.82 bits per heavy atom. The van der Waals surface area contributed by atoms with Crippen LogP contribution in [0.5, 0.6) is 5.75 Å². The Labute approximate surface area is 217 Å². The van der Waals surface area contributed by atoms with Crippen molar-refractivity contribution in [1.82, 2.24) is 4.98 Å². The largest absolute Gasteiger partial charge is 0.480 e. The van der Waals surface area contributed by atoms with Crippen molar-refractivity contribution in [3.63, 3.8) is 0 Å². The minimum Gasteiger partial charge on any atom is -0.480 e. The highest BCUT2D eigenvalue weighted by molar-refractivity contribution is 6.02. The number of para-hydroxylation sites is 1. The number of benzene rings is 3. The number of aromatic nitrogens is 1. The number of halogens is 2. The molecule has 4 aromatic rings. The van der Waals surface area contributed by atoms with E-state index in [0.29, 0.717) is 40.9 Å². The van der Waals surface area contributed by atoms with Gasteiger partial charge in [0.2, 0.25) is 0 Å². The molecule has 0 bridgehead atoms. The van der Waals surface area contributed by atoms with Crippen LogP contribution < -0.4 is 15.4 Å². The van der Waals surface area contributed by atoms with Crippen LogP contribution in [-0.4, -0.2) is 41.8 Å². The Kier molecular flexibility index (Phi) is 6.90. The minimum atomic E-state index is -1.16. The molecule has 3 aromatic carbocycles. The van der Waals surface area contributed by atoms with E-state index < -0.39 is 24.2 Å². The van der Waals surface area contributed by atoms with Crippen LogP contribution in [0.15, 0.2) is 60.8 Å². The van der Waals surface area contributed by atoms with Crippen molar-refractivity contribution < 1.29 is 23.4 Å². The molecule has 3 N–H and O–H groups in total. The molecule has 0 saturated carbocycles. The molecule has 0 spiro atoms. The zero-order chi connectivity index (χ0) is 26.8. The highest BCUT2D eigenvalue weighted by atomic mass is 19.1. The van der Waals surface area contributed by atoms with Crippen LogP contribution in [0.3, 0.4) is 0 Å². The maximum Gasteiger partial charge on any atom is 0.341 e. The molecule has 1 aliphatic rings. The number of pyridine rings is 1. The highest BCUT2D eigenvalue weighted by Crippen LogP contribution is 2.41. The quantitative estimate of drug-likeness (QED) is 0.368. The molecule has 2 heterocycles. The van der Waals surface area contributed by atoms with Gasteiger partial charge in [-0.2, -0.15) is 5.26 Å². The normalized spacial score (nSPS) is 13.9. The lowest BCUT2D eigenvalue weighted by atomic mass is 9.95. The number of carbonyl (C=O) groups is 1. The van der Waals surface area contributed by atoms with Gasteiger partial charge in [0.1, 0.15) is 23.5 Å². The van der Waals surface area contributed by atoms with E-state index in [1.54, 1.807) is 24.4 Å². The van der Waals surface area contributed by atoms with Gasteiger partial charge in [0, 0.05) is 47.9 Å². The van der Waals surface area contributed by atoms with Gasteiger partial charge >= 0.3 is 5.97 Å². The number of rotatable bonds is 6. The molecule has 1 aromatic heterocycles. The van der Waals surface area contributed by atoms with E-state index in [0.717, 1.165) is 30.0 Å². The summed E-state index contributed by atoms with van der Waals surface area (Å²) in [6, 6.07) is 16.0. The molecule has 0 radical (unpaired) electrons. The van der Waals surface area contributed by atoms with Gasteiger partial charge in [-0.05, 0) is 54.3 Å². The second kappa shape index (κ2) is 10.4. The number of nitriles is 1. The van der Waals surface area contributed by atoms with E-state index in [2.05, 4.69) is 16.0 Å². The van der Waals surface area contributed by atoms with Crippen molar-refractivity contribution in [2.75, 3.05) is 24.6 Å². The number of hydrogen-bond donors (Lipinski definition) is 2. The predicted octanol–water partition coefficient (Wildman–Crippen LogP) is 5.11. The molecule has 1 fully saturated rings. The van der Waals surface area contributed by atoms with Gasteiger partial charge in [-0.25, -0.2) is 13.6 Å². The van der Waals surface area contributed by atoms with E-state index in [9.17, 15) is 18.8 Å². The second-order valence-corrected chi connectivity index (χ2v) is 9.21. The molecule has 192 valence electrons. The first-order chi connectivity index (χ1) is 18.3. The number of fused-ring (bicyclic) bond motifs is 1. The number of anilines is 1. The van der Waals surface area contributed by atoms with Crippen LogP contribution in [0.4, 0.5) is 14.5 Å². The topological polar surface area (TPSA) is 112 Å². The number of nitrogens with zero attached hydrogens (tertiary/aromatic N) is 3. The first-order valence-electron chi connectivity index (χ1n) is 12.1. The number of aliphatic carboxylic acids is 1. The number of nitrogens with two attached hydrogens (primary N) is 1. The molecular weight excluding hydrogens is 490 g/mol. The van der Waals surface area contributed by atoms with Gasteiger partial charge in [0.15, 0.2) is 6.61 Å². The second-order valence-electron chi connectivity index (χ2n) is 9.21. The lowest BCUT2D eigenvalue weighted by molar-refractivity contribution is -0.139. The van der Waals surface area contributed by atoms with Crippen LogP contribution in [0.1, 0.15) is 18.4 Å². The first kappa shape index (κ1) is 25.1. The Morgan fingerprint density at radius 3 is 2.50 bits per heavy atom.